The zero-order valence-electron chi connectivity index (χ0n) is 19.2. The summed E-state index contributed by atoms with van der Waals surface area (Å²) in [5, 5.41) is 6.78. The summed E-state index contributed by atoms with van der Waals surface area (Å²) in [5.41, 5.74) is -0.462. The molecule has 0 spiro atoms. The Morgan fingerprint density at radius 2 is 1.86 bits per heavy atom. The zero-order valence-corrected chi connectivity index (χ0v) is 19.2. The second-order valence-electron chi connectivity index (χ2n) is 8.62. The summed E-state index contributed by atoms with van der Waals surface area (Å²) in [7, 11) is 1.78. The van der Waals surface area contributed by atoms with E-state index in [9.17, 15) is 4.79 Å². The van der Waals surface area contributed by atoms with Gasteiger partial charge >= 0.3 is 6.09 Å². The van der Waals surface area contributed by atoms with Crippen LogP contribution < -0.4 is 10.6 Å². The van der Waals surface area contributed by atoms with Crippen molar-refractivity contribution in [3.8, 4) is 0 Å². The van der Waals surface area contributed by atoms with Crippen molar-refractivity contribution in [1.29, 1.82) is 0 Å². The van der Waals surface area contributed by atoms with E-state index in [4.69, 9.17) is 4.74 Å². The van der Waals surface area contributed by atoms with E-state index < -0.39 is 5.60 Å². The Balaban J connectivity index is 2.35. The number of ether oxygens (including phenoxy) is 1. The summed E-state index contributed by atoms with van der Waals surface area (Å²) in [4.78, 5) is 21.0. The predicted molar refractivity (Wildman–Crippen MR) is 117 cm³/mol. The number of hydrogen-bond donors (Lipinski definition) is 2. The fourth-order valence-electron chi connectivity index (χ4n) is 3.09. The molecule has 164 valence electrons. The lowest BCUT2D eigenvalue weighted by molar-refractivity contribution is 0.0238. The van der Waals surface area contributed by atoms with Gasteiger partial charge in [0.2, 0.25) is 0 Å². The van der Waals surface area contributed by atoms with Gasteiger partial charge in [0, 0.05) is 32.2 Å². The minimum atomic E-state index is -0.462. The van der Waals surface area contributed by atoms with E-state index in [-0.39, 0.29) is 6.09 Å². The maximum Gasteiger partial charge on any atom is 0.410 e. The van der Waals surface area contributed by atoms with Crippen LogP contribution in [0, 0.1) is 0 Å². The lowest BCUT2D eigenvalue weighted by atomic mass is 10.2. The molecule has 1 amide bonds. The van der Waals surface area contributed by atoms with Gasteiger partial charge in [-0.05, 0) is 73.0 Å². The molecule has 28 heavy (non-hydrogen) atoms. The van der Waals surface area contributed by atoms with Gasteiger partial charge in [-0.2, -0.15) is 0 Å². The van der Waals surface area contributed by atoms with Crippen molar-refractivity contribution in [3.63, 3.8) is 0 Å². The molecule has 1 aliphatic carbocycles. The number of carbonyl (C=O) groups is 1. The molecule has 1 saturated carbocycles. The van der Waals surface area contributed by atoms with E-state index >= 15 is 0 Å². The minimum absolute atomic E-state index is 0.218. The van der Waals surface area contributed by atoms with Gasteiger partial charge < -0.3 is 25.2 Å². The summed E-state index contributed by atoms with van der Waals surface area (Å²) in [6, 6.07) is 0.678. The first-order chi connectivity index (χ1) is 13.2. The number of nitrogens with zero attached hydrogens (tertiary/aromatic N) is 3. The number of nitrogens with one attached hydrogen (secondary N) is 2. The van der Waals surface area contributed by atoms with Gasteiger partial charge in [0.1, 0.15) is 5.60 Å². The largest absolute Gasteiger partial charge is 0.444 e. The number of carbonyl (C=O) groups excluding carboxylic acids is 1. The molecule has 0 saturated heterocycles. The Hall–Kier alpha value is -1.50. The molecule has 0 aliphatic heterocycles. The van der Waals surface area contributed by atoms with Crippen LogP contribution in [0.1, 0.15) is 67.2 Å². The highest BCUT2D eigenvalue weighted by molar-refractivity contribution is 5.80. The third-order valence-corrected chi connectivity index (χ3v) is 4.87. The van der Waals surface area contributed by atoms with Crippen LogP contribution in [0.25, 0.3) is 0 Å². The van der Waals surface area contributed by atoms with E-state index in [0.717, 1.165) is 44.9 Å². The van der Waals surface area contributed by atoms with Crippen molar-refractivity contribution in [2.75, 3.05) is 39.8 Å². The van der Waals surface area contributed by atoms with Gasteiger partial charge in [-0.15, -0.1) is 0 Å². The molecule has 1 atom stereocenters. The monoisotopic (exact) mass is 397 g/mol. The van der Waals surface area contributed by atoms with Gasteiger partial charge in [-0.25, -0.2) is 4.79 Å². The highest BCUT2D eigenvalue weighted by Gasteiger charge is 2.34. The van der Waals surface area contributed by atoms with Crippen LogP contribution in [0.15, 0.2) is 4.99 Å². The topological polar surface area (TPSA) is 69.2 Å². The van der Waals surface area contributed by atoms with Crippen LogP contribution in [-0.4, -0.2) is 79.3 Å². The van der Waals surface area contributed by atoms with Gasteiger partial charge in [0.15, 0.2) is 5.96 Å². The first-order valence-corrected chi connectivity index (χ1v) is 10.9. The van der Waals surface area contributed by atoms with Crippen LogP contribution in [0.4, 0.5) is 4.79 Å². The molecule has 0 aromatic heterocycles. The van der Waals surface area contributed by atoms with Crippen molar-refractivity contribution >= 4 is 12.1 Å². The van der Waals surface area contributed by atoms with Crippen LogP contribution in [-0.2, 0) is 4.74 Å². The fraction of sp³-hybridized carbons (Fsp3) is 0.905. The molecule has 1 fully saturated rings. The lowest BCUT2D eigenvalue weighted by Gasteiger charge is -2.28. The standard InChI is InChI=1S/C21H43N5O2/c1-8-25(9-2)15-10-11-17(3)24-19(22-7)23-14-16-26(18-12-13-18)20(27)28-21(4,5)6/h17-18H,8-16H2,1-7H3,(H2,22,23,24). The Morgan fingerprint density at radius 1 is 1.21 bits per heavy atom. The lowest BCUT2D eigenvalue weighted by Crippen LogP contribution is -2.47. The Bertz CT molecular complexity index is 482. The Morgan fingerprint density at radius 3 is 2.36 bits per heavy atom. The first-order valence-electron chi connectivity index (χ1n) is 10.9. The van der Waals surface area contributed by atoms with Gasteiger partial charge in [0.25, 0.3) is 0 Å². The molecule has 1 aliphatic rings. The highest BCUT2D eigenvalue weighted by atomic mass is 16.6. The van der Waals surface area contributed by atoms with E-state index in [1.54, 1.807) is 7.05 Å². The number of hydrogen-bond acceptors (Lipinski definition) is 4. The summed E-state index contributed by atoms with van der Waals surface area (Å²) < 4.78 is 5.54. The quantitative estimate of drug-likeness (QED) is 0.414. The summed E-state index contributed by atoms with van der Waals surface area (Å²) in [6.07, 6.45) is 4.18. The molecule has 1 unspecified atom stereocenters. The third kappa shape index (κ3) is 10.2. The normalized spacial score (nSPS) is 16.1. The first kappa shape index (κ1) is 24.5. The average molecular weight is 398 g/mol. The molecule has 0 aromatic rings. The molecule has 7 heteroatoms. The van der Waals surface area contributed by atoms with E-state index in [1.807, 2.05) is 25.7 Å². The van der Waals surface area contributed by atoms with E-state index in [0.29, 0.717) is 25.2 Å². The molecule has 0 radical (unpaired) electrons. The fourth-order valence-corrected chi connectivity index (χ4v) is 3.09. The average Bonchev–Trinajstić information content (AvgIpc) is 3.44. The SMILES string of the molecule is CCN(CC)CCCC(C)NC(=NC)NCCN(C(=O)OC(C)(C)C)C1CC1. The van der Waals surface area contributed by atoms with E-state index in [2.05, 4.69) is 41.3 Å². The molecule has 1 rings (SSSR count). The minimum Gasteiger partial charge on any atom is -0.444 e. The number of aliphatic imine (C=N–C) groups is 1. The van der Waals surface area contributed by atoms with Crippen molar-refractivity contribution in [3.05, 3.63) is 0 Å². The van der Waals surface area contributed by atoms with Crippen molar-refractivity contribution in [2.45, 2.75) is 84.9 Å². The molecule has 7 nitrogen and oxygen atoms in total. The number of rotatable bonds is 11. The summed E-state index contributed by atoms with van der Waals surface area (Å²) >= 11 is 0. The molecular formula is C21H43N5O2. The molecule has 2 N–H and O–H groups in total. The van der Waals surface area contributed by atoms with Crippen LogP contribution >= 0.6 is 0 Å². The highest BCUT2D eigenvalue weighted by Crippen LogP contribution is 2.28. The molecule has 0 aromatic carbocycles. The second kappa shape index (κ2) is 12.1. The van der Waals surface area contributed by atoms with Gasteiger partial charge in [-0.3, -0.25) is 4.99 Å². The van der Waals surface area contributed by atoms with E-state index in [1.165, 1.54) is 6.42 Å². The third-order valence-electron chi connectivity index (χ3n) is 4.87. The van der Waals surface area contributed by atoms with Crippen LogP contribution in [0.3, 0.4) is 0 Å². The van der Waals surface area contributed by atoms with Crippen molar-refractivity contribution < 1.29 is 9.53 Å². The second-order valence-corrected chi connectivity index (χ2v) is 8.62. The van der Waals surface area contributed by atoms with Crippen molar-refractivity contribution in [1.82, 2.24) is 20.4 Å². The molecule has 0 bridgehead atoms. The van der Waals surface area contributed by atoms with Gasteiger partial charge in [-0.1, -0.05) is 13.8 Å². The van der Waals surface area contributed by atoms with Crippen molar-refractivity contribution in [2.24, 2.45) is 4.99 Å². The smallest absolute Gasteiger partial charge is 0.410 e. The summed E-state index contributed by atoms with van der Waals surface area (Å²) in [6.45, 7) is 16.9. The summed E-state index contributed by atoms with van der Waals surface area (Å²) in [5.74, 6) is 0.787. The predicted octanol–water partition coefficient (Wildman–Crippen LogP) is 3.06. The Kier molecular flexibility index (Phi) is 10.6. The van der Waals surface area contributed by atoms with Crippen LogP contribution in [0.2, 0.25) is 0 Å². The maximum absolute atomic E-state index is 12.4. The number of amides is 1. The molecule has 0 heterocycles. The maximum atomic E-state index is 12.4. The molecular weight excluding hydrogens is 354 g/mol. The number of guanidine groups is 1. The van der Waals surface area contributed by atoms with Crippen LogP contribution in [0.5, 0.6) is 0 Å². The Labute approximate surface area is 172 Å². The zero-order chi connectivity index (χ0) is 21.2. The van der Waals surface area contributed by atoms with Gasteiger partial charge in [0.05, 0.1) is 0 Å².